The standard InChI is InChI=1S/C24H28N2O5/c1-5-26(13-11-17-8-6-7-12-25-17)24(27)21-10-9-18(31-21)14-20-22(29-3)15-19(28-2)16-23(20)30-4/h6-10,12,15-16H,5,11,13-14H2,1-4H3. The van der Waals surface area contributed by atoms with Gasteiger partial charge in [0, 0.05) is 55.5 Å². The van der Waals surface area contributed by atoms with E-state index in [1.165, 1.54) is 0 Å². The predicted molar refractivity (Wildman–Crippen MR) is 117 cm³/mol. The fourth-order valence-electron chi connectivity index (χ4n) is 3.37. The molecule has 31 heavy (non-hydrogen) atoms. The van der Waals surface area contributed by atoms with Crippen LogP contribution in [0.2, 0.25) is 0 Å². The number of likely N-dealkylation sites (N-methyl/N-ethyl adjacent to an activating group) is 1. The van der Waals surface area contributed by atoms with Gasteiger partial charge in [0.15, 0.2) is 5.76 Å². The molecule has 164 valence electrons. The van der Waals surface area contributed by atoms with Crippen molar-refractivity contribution < 1.29 is 23.4 Å². The topological polar surface area (TPSA) is 74.0 Å². The summed E-state index contributed by atoms with van der Waals surface area (Å²) in [6.07, 6.45) is 2.87. The lowest BCUT2D eigenvalue weighted by molar-refractivity contribution is 0.0732. The van der Waals surface area contributed by atoms with Gasteiger partial charge in [-0.2, -0.15) is 0 Å². The summed E-state index contributed by atoms with van der Waals surface area (Å²) in [6, 6.07) is 12.9. The maximum atomic E-state index is 12.9. The quantitative estimate of drug-likeness (QED) is 0.490. The third-order valence-corrected chi connectivity index (χ3v) is 5.07. The highest BCUT2D eigenvalue weighted by Gasteiger charge is 2.20. The summed E-state index contributed by atoms with van der Waals surface area (Å²) >= 11 is 0. The maximum absolute atomic E-state index is 12.9. The number of ether oxygens (including phenoxy) is 3. The molecule has 0 unspecified atom stereocenters. The van der Waals surface area contributed by atoms with E-state index in [1.54, 1.807) is 50.6 Å². The normalized spacial score (nSPS) is 10.6. The summed E-state index contributed by atoms with van der Waals surface area (Å²) < 4.78 is 22.2. The molecule has 3 aromatic rings. The third kappa shape index (κ3) is 5.36. The number of carbonyl (C=O) groups is 1. The zero-order valence-corrected chi connectivity index (χ0v) is 18.4. The maximum Gasteiger partial charge on any atom is 0.289 e. The second-order valence-electron chi connectivity index (χ2n) is 6.91. The average molecular weight is 424 g/mol. The number of nitrogens with zero attached hydrogens (tertiary/aromatic N) is 2. The van der Waals surface area contributed by atoms with Gasteiger partial charge in [-0.3, -0.25) is 9.78 Å². The number of benzene rings is 1. The Kier molecular flexibility index (Phi) is 7.54. The van der Waals surface area contributed by atoms with Crippen LogP contribution in [-0.4, -0.2) is 50.2 Å². The van der Waals surface area contributed by atoms with Gasteiger partial charge in [0.05, 0.1) is 21.3 Å². The van der Waals surface area contributed by atoms with E-state index >= 15 is 0 Å². The average Bonchev–Trinajstić information content (AvgIpc) is 3.28. The highest BCUT2D eigenvalue weighted by atomic mass is 16.5. The van der Waals surface area contributed by atoms with Crippen LogP contribution in [-0.2, 0) is 12.8 Å². The van der Waals surface area contributed by atoms with Crippen molar-refractivity contribution in [2.45, 2.75) is 19.8 Å². The lowest BCUT2D eigenvalue weighted by Crippen LogP contribution is -2.32. The van der Waals surface area contributed by atoms with Crippen LogP contribution in [0.3, 0.4) is 0 Å². The molecule has 1 aromatic carbocycles. The Labute approximate surface area is 182 Å². The monoisotopic (exact) mass is 424 g/mol. The lowest BCUT2D eigenvalue weighted by atomic mass is 10.1. The molecule has 0 aliphatic carbocycles. The van der Waals surface area contributed by atoms with Crippen molar-refractivity contribution in [3.63, 3.8) is 0 Å². The molecule has 3 rings (SSSR count). The van der Waals surface area contributed by atoms with Crippen LogP contribution < -0.4 is 14.2 Å². The summed E-state index contributed by atoms with van der Waals surface area (Å²) in [4.78, 5) is 19.0. The number of methoxy groups -OCH3 is 3. The fraction of sp³-hybridized carbons (Fsp3) is 0.333. The van der Waals surface area contributed by atoms with E-state index in [1.807, 2.05) is 31.2 Å². The van der Waals surface area contributed by atoms with Crippen molar-refractivity contribution in [1.82, 2.24) is 9.88 Å². The van der Waals surface area contributed by atoms with Crippen molar-refractivity contribution in [2.75, 3.05) is 34.4 Å². The Bertz CT molecular complexity index is 975. The first-order chi connectivity index (χ1) is 15.1. The number of amides is 1. The Morgan fingerprint density at radius 1 is 1.03 bits per heavy atom. The summed E-state index contributed by atoms with van der Waals surface area (Å²) in [7, 11) is 4.77. The molecule has 0 spiro atoms. The largest absolute Gasteiger partial charge is 0.496 e. The summed E-state index contributed by atoms with van der Waals surface area (Å²) in [5, 5.41) is 0. The second kappa shape index (κ2) is 10.5. The first-order valence-electron chi connectivity index (χ1n) is 10.2. The molecule has 0 saturated heterocycles. The third-order valence-electron chi connectivity index (χ3n) is 5.07. The van der Waals surface area contributed by atoms with Crippen molar-refractivity contribution in [2.24, 2.45) is 0 Å². The molecule has 0 N–H and O–H groups in total. The molecule has 0 atom stereocenters. The zero-order valence-electron chi connectivity index (χ0n) is 18.4. The van der Waals surface area contributed by atoms with Crippen molar-refractivity contribution in [1.29, 1.82) is 0 Å². The molecule has 7 nitrogen and oxygen atoms in total. The summed E-state index contributed by atoms with van der Waals surface area (Å²) in [5.74, 6) is 2.71. The molecule has 0 aliphatic heterocycles. The van der Waals surface area contributed by atoms with Gasteiger partial charge in [0.2, 0.25) is 0 Å². The minimum Gasteiger partial charge on any atom is -0.496 e. The first kappa shape index (κ1) is 22.2. The highest BCUT2D eigenvalue weighted by molar-refractivity contribution is 5.91. The molecule has 7 heteroatoms. The Morgan fingerprint density at radius 2 is 1.77 bits per heavy atom. The van der Waals surface area contributed by atoms with Gasteiger partial charge in [0.25, 0.3) is 5.91 Å². The molecule has 2 heterocycles. The Morgan fingerprint density at radius 3 is 2.35 bits per heavy atom. The predicted octanol–water partition coefficient (Wildman–Crippen LogP) is 4.00. The number of furan rings is 1. The van der Waals surface area contributed by atoms with Crippen molar-refractivity contribution in [3.05, 3.63) is 71.4 Å². The highest BCUT2D eigenvalue weighted by Crippen LogP contribution is 2.35. The number of rotatable bonds is 10. The van der Waals surface area contributed by atoms with Gasteiger partial charge < -0.3 is 23.5 Å². The molecular formula is C24H28N2O5. The molecule has 0 fully saturated rings. The van der Waals surface area contributed by atoms with Gasteiger partial charge >= 0.3 is 0 Å². The van der Waals surface area contributed by atoms with Crippen molar-refractivity contribution in [3.8, 4) is 17.2 Å². The summed E-state index contributed by atoms with van der Waals surface area (Å²) in [6.45, 7) is 3.11. The van der Waals surface area contributed by atoms with Crippen LogP contribution in [0, 0.1) is 0 Å². The van der Waals surface area contributed by atoms with Crippen LogP contribution in [0.5, 0.6) is 17.2 Å². The fourth-order valence-corrected chi connectivity index (χ4v) is 3.37. The summed E-state index contributed by atoms with van der Waals surface area (Å²) in [5.41, 5.74) is 1.77. The zero-order chi connectivity index (χ0) is 22.2. The van der Waals surface area contributed by atoms with Crippen LogP contribution >= 0.6 is 0 Å². The van der Waals surface area contributed by atoms with Crippen LogP contribution in [0.15, 0.2) is 53.1 Å². The molecule has 0 saturated carbocycles. The van der Waals surface area contributed by atoms with Gasteiger partial charge in [0.1, 0.15) is 23.0 Å². The number of aromatic nitrogens is 1. The van der Waals surface area contributed by atoms with Gasteiger partial charge in [-0.05, 0) is 31.2 Å². The van der Waals surface area contributed by atoms with Gasteiger partial charge in [-0.15, -0.1) is 0 Å². The first-order valence-corrected chi connectivity index (χ1v) is 10.2. The van der Waals surface area contributed by atoms with E-state index in [0.717, 1.165) is 11.3 Å². The van der Waals surface area contributed by atoms with E-state index in [4.69, 9.17) is 18.6 Å². The van der Waals surface area contributed by atoms with Gasteiger partial charge in [-0.25, -0.2) is 0 Å². The van der Waals surface area contributed by atoms with E-state index in [0.29, 0.717) is 54.7 Å². The van der Waals surface area contributed by atoms with E-state index in [2.05, 4.69) is 4.98 Å². The van der Waals surface area contributed by atoms with Crippen LogP contribution in [0.4, 0.5) is 0 Å². The van der Waals surface area contributed by atoms with E-state index < -0.39 is 0 Å². The Balaban J connectivity index is 1.74. The number of hydrogen-bond donors (Lipinski definition) is 0. The van der Waals surface area contributed by atoms with E-state index in [9.17, 15) is 4.79 Å². The molecule has 2 aromatic heterocycles. The molecule has 0 aliphatic rings. The molecule has 0 bridgehead atoms. The van der Waals surface area contributed by atoms with Gasteiger partial charge in [-0.1, -0.05) is 6.07 Å². The second-order valence-corrected chi connectivity index (χ2v) is 6.91. The molecule has 0 radical (unpaired) electrons. The smallest absolute Gasteiger partial charge is 0.289 e. The van der Waals surface area contributed by atoms with Crippen molar-refractivity contribution >= 4 is 5.91 Å². The lowest BCUT2D eigenvalue weighted by Gasteiger charge is -2.19. The molecular weight excluding hydrogens is 396 g/mol. The van der Waals surface area contributed by atoms with Crippen LogP contribution in [0.1, 0.15) is 34.5 Å². The number of pyridine rings is 1. The minimum atomic E-state index is -0.140. The number of carbonyl (C=O) groups excluding carboxylic acids is 1. The number of hydrogen-bond acceptors (Lipinski definition) is 6. The SMILES string of the molecule is CCN(CCc1ccccn1)C(=O)c1ccc(Cc2c(OC)cc(OC)cc2OC)o1. The van der Waals surface area contributed by atoms with Crippen LogP contribution in [0.25, 0.3) is 0 Å². The van der Waals surface area contributed by atoms with E-state index in [-0.39, 0.29) is 5.91 Å². The molecule has 1 amide bonds. The Hall–Kier alpha value is -3.48. The minimum absolute atomic E-state index is 0.140.